The average molecular weight is 412 g/mol. The number of hydrogen-bond donors (Lipinski definition) is 1. The summed E-state index contributed by atoms with van der Waals surface area (Å²) in [6, 6.07) is 8.72. The van der Waals surface area contributed by atoms with Gasteiger partial charge in [0, 0.05) is 15.2 Å². The highest BCUT2D eigenvalue weighted by Gasteiger charge is 2.20. The van der Waals surface area contributed by atoms with Gasteiger partial charge in [-0.1, -0.05) is 18.2 Å². The van der Waals surface area contributed by atoms with Crippen LogP contribution in [0.4, 0.5) is 8.78 Å². The summed E-state index contributed by atoms with van der Waals surface area (Å²) < 4.78 is 27.4. The second kappa shape index (κ2) is 6.83. The Labute approximate surface area is 140 Å². The molecule has 2 rings (SSSR count). The van der Waals surface area contributed by atoms with E-state index in [0.717, 1.165) is 21.3 Å². The molecule has 6 heteroatoms. The smallest absolute Gasteiger partial charge is 0.253 e. The molecule has 22 heavy (non-hydrogen) atoms. The molecule has 1 amide bonds. The molecule has 0 heterocycles. The number of nitrogens with zero attached hydrogens (tertiary/aromatic N) is 1. The van der Waals surface area contributed by atoms with E-state index in [0.29, 0.717) is 11.6 Å². The molecule has 0 aromatic heterocycles. The van der Waals surface area contributed by atoms with E-state index < -0.39 is 23.6 Å². The predicted octanol–water partition coefficient (Wildman–Crippen LogP) is 3.87. The molecule has 0 fully saturated rings. The Balaban J connectivity index is 2.29. The normalized spacial score (nSPS) is 11.6. The highest BCUT2D eigenvalue weighted by atomic mass is 127. The number of benzene rings is 2. The molecule has 1 atom stereocenters. The minimum Gasteiger partial charge on any atom is -0.332 e. The topological polar surface area (TPSA) is 52.9 Å². The first-order valence-corrected chi connectivity index (χ1v) is 7.42. The molecular weight excluding hydrogens is 401 g/mol. The molecule has 1 unspecified atom stereocenters. The first kappa shape index (κ1) is 16.4. The molecule has 0 bridgehead atoms. The molecular formula is C16H11F2IN2O. The van der Waals surface area contributed by atoms with E-state index >= 15 is 0 Å². The van der Waals surface area contributed by atoms with Crippen LogP contribution in [0.5, 0.6) is 0 Å². The van der Waals surface area contributed by atoms with Crippen LogP contribution >= 0.6 is 22.6 Å². The lowest BCUT2D eigenvalue weighted by molar-refractivity contribution is 0.0943. The lowest BCUT2D eigenvalue weighted by atomic mass is 10.1. The Morgan fingerprint density at radius 2 is 2.05 bits per heavy atom. The Morgan fingerprint density at radius 1 is 1.32 bits per heavy atom. The minimum absolute atomic E-state index is 0.0695. The summed E-state index contributed by atoms with van der Waals surface area (Å²) in [5.41, 5.74) is 1.26. The van der Waals surface area contributed by atoms with Crippen molar-refractivity contribution in [2.24, 2.45) is 0 Å². The average Bonchev–Trinajstić information content (AvgIpc) is 2.48. The quantitative estimate of drug-likeness (QED) is 0.779. The second-order valence-electron chi connectivity index (χ2n) is 4.64. The number of carbonyl (C=O) groups is 1. The van der Waals surface area contributed by atoms with Crippen molar-refractivity contribution in [2.45, 2.75) is 13.0 Å². The van der Waals surface area contributed by atoms with Crippen molar-refractivity contribution in [3.8, 4) is 6.07 Å². The van der Waals surface area contributed by atoms with Crippen LogP contribution in [-0.2, 0) is 0 Å². The van der Waals surface area contributed by atoms with E-state index in [4.69, 9.17) is 5.26 Å². The van der Waals surface area contributed by atoms with Gasteiger partial charge in [0.2, 0.25) is 0 Å². The summed E-state index contributed by atoms with van der Waals surface area (Å²) in [7, 11) is 0. The van der Waals surface area contributed by atoms with E-state index in [-0.39, 0.29) is 5.56 Å². The van der Waals surface area contributed by atoms with Crippen molar-refractivity contribution >= 4 is 28.5 Å². The molecule has 0 aliphatic rings. The molecule has 1 N–H and O–H groups in total. The van der Waals surface area contributed by atoms with Crippen LogP contribution in [0, 0.1) is 33.5 Å². The van der Waals surface area contributed by atoms with E-state index in [2.05, 4.69) is 5.32 Å². The summed E-state index contributed by atoms with van der Waals surface area (Å²) in [5, 5.41) is 11.6. The summed E-state index contributed by atoms with van der Waals surface area (Å²) in [6.45, 7) is 1.86. The van der Waals surface area contributed by atoms with Gasteiger partial charge >= 0.3 is 0 Å². The number of nitriles is 1. The van der Waals surface area contributed by atoms with Crippen LogP contribution in [0.3, 0.4) is 0 Å². The third-order valence-corrected chi connectivity index (χ3v) is 4.55. The monoisotopic (exact) mass is 412 g/mol. The van der Waals surface area contributed by atoms with Crippen LogP contribution in [0.1, 0.15) is 27.5 Å². The molecule has 3 nitrogen and oxygen atoms in total. The maximum Gasteiger partial charge on any atom is 0.253 e. The van der Waals surface area contributed by atoms with Gasteiger partial charge in [0.05, 0.1) is 11.6 Å². The van der Waals surface area contributed by atoms with Gasteiger partial charge < -0.3 is 5.32 Å². The molecule has 0 spiro atoms. The number of amides is 1. The number of halogens is 3. The van der Waals surface area contributed by atoms with Gasteiger partial charge in [0.25, 0.3) is 5.91 Å². The van der Waals surface area contributed by atoms with Crippen LogP contribution in [0.25, 0.3) is 0 Å². The maximum atomic E-state index is 13.7. The van der Waals surface area contributed by atoms with Crippen LogP contribution in [-0.4, -0.2) is 5.91 Å². The summed E-state index contributed by atoms with van der Waals surface area (Å²) >= 11 is 2.04. The third-order valence-electron chi connectivity index (χ3n) is 3.11. The predicted molar refractivity (Wildman–Crippen MR) is 86.1 cm³/mol. The lowest BCUT2D eigenvalue weighted by Crippen LogP contribution is -2.29. The highest BCUT2D eigenvalue weighted by Crippen LogP contribution is 2.20. The van der Waals surface area contributed by atoms with Crippen LogP contribution in [0.15, 0.2) is 36.4 Å². The van der Waals surface area contributed by atoms with Crippen molar-refractivity contribution in [2.75, 3.05) is 0 Å². The Hall–Kier alpha value is -2.01. The fourth-order valence-electron chi connectivity index (χ4n) is 1.95. The molecule has 0 radical (unpaired) electrons. The van der Waals surface area contributed by atoms with E-state index in [1.165, 1.54) is 0 Å². The van der Waals surface area contributed by atoms with Gasteiger partial charge in [-0.2, -0.15) is 5.26 Å². The van der Waals surface area contributed by atoms with E-state index in [9.17, 15) is 13.6 Å². The Morgan fingerprint density at radius 3 is 2.68 bits per heavy atom. The number of aryl methyl sites for hydroxylation is 1. The minimum atomic E-state index is -1.19. The third kappa shape index (κ3) is 3.42. The summed E-state index contributed by atoms with van der Waals surface area (Å²) in [6.07, 6.45) is 0. The van der Waals surface area contributed by atoms with Crippen molar-refractivity contribution in [1.82, 2.24) is 5.32 Å². The fraction of sp³-hybridized carbons (Fsp3) is 0.125. The first-order valence-electron chi connectivity index (χ1n) is 6.34. The summed E-state index contributed by atoms with van der Waals surface area (Å²) in [4.78, 5) is 12.3. The van der Waals surface area contributed by atoms with Gasteiger partial charge in [-0.3, -0.25) is 4.79 Å². The van der Waals surface area contributed by atoms with Gasteiger partial charge in [0.1, 0.15) is 17.7 Å². The molecule has 112 valence electrons. The highest BCUT2D eigenvalue weighted by molar-refractivity contribution is 14.1. The lowest BCUT2D eigenvalue weighted by Gasteiger charge is -2.14. The van der Waals surface area contributed by atoms with Crippen LogP contribution < -0.4 is 5.32 Å². The largest absolute Gasteiger partial charge is 0.332 e. The van der Waals surface area contributed by atoms with Gasteiger partial charge in [-0.05, 0) is 47.2 Å². The molecule has 0 aliphatic carbocycles. The molecule has 0 aliphatic heterocycles. The van der Waals surface area contributed by atoms with Crippen molar-refractivity contribution < 1.29 is 13.6 Å². The van der Waals surface area contributed by atoms with Crippen LogP contribution in [0.2, 0.25) is 0 Å². The fourth-order valence-corrected chi connectivity index (χ4v) is 2.55. The molecule has 2 aromatic rings. The maximum absolute atomic E-state index is 13.7. The number of rotatable bonds is 3. The number of hydrogen-bond acceptors (Lipinski definition) is 2. The van der Waals surface area contributed by atoms with E-state index in [1.807, 2.05) is 41.7 Å². The van der Waals surface area contributed by atoms with Crippen molar-refractivity contribution in [1.29, 1.82) is 5.26 Å². The number of carbonyl (C=O) groups excluding carboxylic acids is 1. The standard InChI is InChI=1S/C16H11F2IN2O/c1-9-3-2-4-12(15(9)19)16(22)21-14(8-20)11-6-5-10(17)7-13(11)18/h2-7,14H,1H3,(H,21,22). The molecule has 0 saturated carbocycles. The summed E-state index contributed by atoms with van der Waals surface area (Å²) in [5.74, 6) is -2.09. The molecule has 0 saturated heterocycles. The number of nitrogens with one attached hydrogen (secondary N) is 1. The van der Waals surface area contributed by atoms with Gasteiger partial charge in [-0.25, -0.2) is 8.78 Å². The zero-order chi connectivity index (χ0) is 16.3. The van der Waals surface area contributed by atoms with Gasteiger partial charge in [-0.15, -0.1) is 0 Å². The first-order chi connectivity index (χ1) is 10.4. The zero-order valence-electron chi connectivity index (χ0n) is 11.5. The van der Waals surface area contributed by atoms with Gasteiger partial charge in [0.15, 0.2) is 0 Å². The SMILES string of the molecule is Cc1cccc(C(=O)NC(C#N)c2ccc(F)cc2F)c1I. The second-order valence-corrected chi connectivity index (χ2v) is 5.72. The van der Waals surface area contributed by atoms with Crippen molar-refractivity contribution in [3.05, 3.63) is 68.3 Å². The Kier molecular flexibility index (Phi) is 5.08. The van der Waals surface area contributed by atoms with E-state index in [1.54, 1.807) is 12.1 Å². The van der Waals surface area contributed by atoms with Crippen molar-refractivity contribution in [3.63, 3.8) is 0 Å². The zero-order valence-corrected chi connectivity index (χ0v) is 13.7. The Bertz CT molecular complexity index is 771. The molecule has 2 aromatic carbocycles.